The Kier molecular flexibility index (Phi) is 4.50. The van der Waals surface area contributed by atoms with Crippen molar-refractivity contribution >= 4 is 5.78 Å². The lowest BCUT2D eigenvalue weighted by molar-refractivity contribution is -0.144. The van der Waals surface area contributed by atoms with Crippen molar-refractivity contribution in [3.8, 4) is 0 Å². The normalized spacial score (nSPS) is 12.8. The maximum absolute atomic E-state index is 12.8. The lowest BCUT2D eigenvalue weighted by Gasteiger charge is -2.10. The lowest BCUT2D eigenvalue weighted by Crippen LogP contribution is -2.18. The van der Waals surface area contributed by atoms with E-state index in [9.17, 15) is 31.1 Å². The van der Waals surface area contributed by atoms with Crippen LogP contribution < -0.4 is 0 Å². The lowest BCUT2D eigenvalue weighted by atomic mass is 10.0. The van der Waals surface area contributed by atoms with Gasteiger partial charge in [-0.3, -0.25) is 9.48 Å². The van der Waals surface area contributed by atoms with E-state index in [-0.39, 0.29) is 17.5 Å². The number of alkyl halides is 6. The molecule has 0 radical (unpaired) electrons. The predicted molar refractivity (Wildman–Crippen MR) is 57.1 cm³/mol. The summed E-state index contributed by atoms with van der Waals surface area (Å²) < 4.78 is 76.6. The minimum Gasteiger partial charge on any atom is -0.294 e. The average molecular weight is 302 g/mol. The van der Waals surface area contributed by atoms with Gasteiger partial charge in [0.05, 0.1) is 5.56 Å². The molecule has 0 aromatic carbocycles. The molecule has 0 saturated carbocycles. The van der Waals surface area contributed by atoms with Crippen molar-refractivity contribution in [2.24, 2.45) is 7.05 Å². The highest BCUT2D eigenvalue weighted by Crippen LogP contribution is 2.39. The highest BCUT2D eigenvalue weighted by atomic mass is 19.4. The minimum atomic E-state index is -5.11. The molecule has 0 saturated heterocycles. The first-order chi connectivity index (χ1) is 9.00. The van der Waals surface area contributed by atoms with Gasteiger partial charge < -0.3 is 0 Å². The number of nitrogens with zero attached hydrogens (tertiary/aromatic N) is 2. The molecule has 114 valence electrons. The number of aromatic nitrogens is 2. The van der Waals surface area contributed by atoms with E-state index in [1.54, 1.807) is 6.92 Å². The first-order valence-electron chi connectivity index (χ1n) is 5.74. The number of carbonyl (C=O) groups excluding carboxylic acids is 1. The van der Waals surface area contributed by atoms with E-state index in [2.05, 4.69) is 5.10 Å². The summed E-state index contributed by atoms with van der Waals surface area (Å²) in [6.07, 6.45) is -9.88. The van der Waals surface area contributed by atoms with Crippen LogP contribution in [0.4, 0.5) is 26.3 Å². The Hall–Kier alpha value is -1.54. The van der Waals surface area contributed by atoms with Crippen LogP contribution in [0.25, 0.3) is 0 Å². The Morgan fingerprint density at radius 1 is 1.15 bits per heavy atom. The fraction of sp³-hybridized carbons (Fsp3) is 0.636. The number of ketones is 1. The highest BCUT2D eigenvalue weighted by molar-refractivity contribution is 5.98. The summed E-state index contributed by atoms with van der Waals surface area (Å²) in [6, 6.07) is 0. The van der Waals surface area contributed by atoms with Gasteiger partial charge in [-0.1, -0.05) is 13.3 Å². The smallest absolute Gasteiger partial charge is 0.294 e. The van der Waals surface area contributed by atoms with E-state index in [1.165, 1.54) is 0 Å². The SMILES string of the molecule is CCCCC(=O)c1c(C(F)(F)F)nn(C)c1C(F)(F)F. The van der Waals surface area contributed by atoms with Gasteiger partial charge in [0.15, 0.2) is 17.2 Å². The van der Waals surface area contributed by atoms with Gasteiger partial charge in [0.25, 0.3) is 0 Å². The second-order valence-electron chi connectivity index (χ2n) is 4.22. The van der Waals surface area contributed by atoms with Crippen molar-refractivity contribution in [2.75, 3.05) is 0 Å². The fourth-order valence-corrected chi connectivity index (χ4v) is 1.77. The van der Waals surface area contributed by atoms with E-state index in [0.29, 0.717) is 6.42 Å². The van der Waals surface area contributed by atoms with Gasteiger partial charge >= 0.3 is 12.4 Å². The molecule has 1 rings (SSSR count). The van der Waals surface area contributed by atoms with E-state index in [4.69, 9.17) is 0 Å². The predicted octanol–water partition coefficient (Wildman–Crippen LogP) is 3.83. The van der Waals surface area contributed by atoms with Crippen molar-refractivity contribution in [2.45, 2.75) is 38.5 Å². The maximum Gasteiger partial charge on any atom is 0.435 e. The molecule has 0 atom stereocenters. The first kappa shape index (κ1) is 16.5. The standard InChI is InChI=1S/C11H12F6N2O/c1-3-4-5-6(20)7-8(10(12,13)14)18-19(2)9(7)11(15,16)17/h3-5H2,1-2H3. The summed E-state index contributed by atoms with van der Waals surface area (Å²) in [7, 11) is 0.731. The molecule has 20 heavy (non-hydrogen) atoms. The van der Waals surface area contributed by atoms with Gasteiger partial charge in [-0.05, 0) is 6.42 Å². The number of carbonyl (C=O) groups is 1. The number of rotatable bonds is 4. The zero-order valence-electron chi connectivity index (χ0n) is 10.7. The maximum atomic E-state index is 12.8. The number of hydrogen-bond donors (Lipinski definition) is 0. The highest BCUT2D eigenvalue weighted by Gasteiger charge is 2.47. The molecule has 0 unspecified atom stereocenters. The largest absolute Gasteiger partial charge is 0.435 e. The topological polar surface area (TPSA) is 34.9 Å². The molecule has 0 fully saturated rings. The van der Waals surface area contributed by atoms with Crippen LogP contribution >= 0.6 is 0 Å². The van der Waals surface area contributed by atoms with Gasteiger partial charge in [-0.25, -0.2) is 0 Å². The van der Waals surface area contributed by atoms with Crippen LogP contribution in [0.15, 0.2) is 0 Å². The molecule has 0 aliphatic heterocycles. The van der Waals surface area contributed by atoms with Gasteiger partial charge in [-0.15, -0.1) is 0 Å². The molecule has 0 aliphatic carbocycles. The van der Waals surface area contributed by atoms with Crippen molar-refractivity contribution in [1.82, 2.24) is 9.78 Å². The zero-order chi connectivity index (χ0) is 15.7. The molecular weight excluding hydrogens is 290 g/mol. The summed E-state index contributed by atoms with van der Waals surface area (Å²) in [5.74, 6) is -1.19. The number of hydrogen-bond acceptors (Lipinski definition) is 2. The molecule has 0 bridgehead atoms. The molecule has 0 spiro atoms. The molecule has 3 nitrogen and oxygen atoms in total. The van der Waals surface area contributed by atoms with Crippen LogP contribution in [0.3, 0.4) is 0 Å². The summed E-state index contributed by atoms with van der Waals surface area (Å²) in [5, 5.41) is 2.83. The van der Waals surface area contributed by atoms with Crippen LogP contribution in [0.1, 0.15) is 47.9 Å². The molecule has 0 amide bonds. The summed E-state index contributed by atoms with van der Waals surface area (Å²) >= 11 is 0. The van der Waals surface area contributed by atoms with Crippen LogP contribution in [-0.4, -0.2) is 15.6 Å². The van der Waals surface area contributed by atoms with Crippen LogP contribution in [0.5, 0.6) is 0 Å². The van der Waals surface area contributed by atoms with Crippen LogP contribution in [-0.2, 0) is 19.4 Å². The second kappa shape index (κ2) is 5.45. The third-order valence-electron chi connectivity index (χ3n) is 2.62. The summed E-state index contributed by atoms with van der Waals surface area (Å²) in [5.41, 5.74) is -4.83. The van der Waals surface area contributed by atoms with Gasteiger partial charge in [0, 0.05) is 13.5 Å². The number of aryl methyl sites for hydroxylation is 1. The second-order valence-corrected chi connectivity index (χ2v) is 4.22. The zero-order valence-corrected chi connectivity index (χ0v) is 10.7. The van der Waals surface area contributed by atoms with Gasteiger partial charge in [0.2, 0.25) is 0 Å². The molecular formula is C11H12F6N2O. The van der Waals surface area contributed by atoms with Crippen molar-refractivity contribution < 1.29 is 31.1 Å². The quantitative estimate of drug-likeness (QED) is 0.626. The minimum absolute atomic E-state index is 0.0575. The Morgan fingerprint density at radius 3 is 2.10 bits per heavy atom. The Balaban J connectivity index is 3.46. The molecule has 1 aromatic rings. The van der Waals surface area contributed by atoms with E-state index < -0.39 is 35.1 Å². The van der Waals surface area contributed by atoms with Crippen LogP contribution in [0, 0.1) is 0 Å². The Morgan fingerprint density at radius 2 is 1.70 bits per heavy atom. The number of unbranched alkanes of at least 4 members (excludes halogenated alkanes) is 1. The third kappa shape index (κ3) is 3.31. The van der Waals surface area contributed by atoms with Crippen molar-refractivity contribution in [3.05, 3.63) is 17.0 Å². The summed E-state index contributed by atoms with van der Waals surface area (Å²) in [4.78, 5) is 11.7. The third-order valence-corrected chi connectivity index (χ3v) is 2.62. The average Bonchev–Trinajstić information content (AvgIpc) is 2.63. The molecule has 0 aliphatic rings. The van der Waals surface area contributed by atoms with E-state index in [0.717, 1.165) is 7.05 Å². The molecule has 1 aromatic heterocycles. The fourth-order valence-electron chi connectivity index (χ4n) is 1.77. The number of Topliss-reactive ketones (excluding diaryl/α,β-unsaturated/α-hetero) is 1. The molecule has 0 N–H and O–H groups in total. The monoisotopic (exact) mass is 302 g/mol. The van der Waals surface area contributed by atoms with Gasteiger partial charge in [0.1, 0.15) is 0 Å². The number of halogens is 6. The van der Waals surface area contributed by atoms with Gasteiger partial charge in [-0.2, -0.15) is 31.4 Å². The van der Waals surface area contributed by atoms with Crippen molar-refractivity contribution in [3.63, 3.8) is 0 Å². The van der Waals surface area contributed by atoms with Crippen LogP contribution in [0.2, 0.25) is 0 Å². The van der Waals surface area contributed by atoms with Crippen molar-refractivity contribution in [1.29, 1.82) is 0 Å². The Labute approximate surface area is 110 Å². The molecule has 9 heteroatoms. The molecule has 1 heterocycles. The van der Waals surface area contributed by atoms with E-state index >= 15 is 0 Å². The van der Waals surface area contributed by atoms with E-state index in [1.807, 2.05) is 0 Å². The summed E-state index contributed by atoms with van der Waals surface area (Å²) in [6.45, 7) is 1.67. The first-order valence-corrected chi connectivity index (χ1v) is 5.74. The Bertz CT molecular complexity index is 500.